The Kier molecular flexibility index (Phi) is 6.02. The van der Waals surface area contributed by atoms with E-state index in [4.69, 9.17) is 0 Å². The molecule has 130 valence electrons. The highest BCUT2D eigenvalue weighted by atomic mass is 32.1. The number of amides is 2. The molecule has 9 heteroatoms. The second kappa shape index (κ2) is 8.00. The Morgan fingerprint density at radius 3 is 2.62 bits per heavy atom. The van der Waals surface area contributed by atoms with Crippen LogP contribution in [0.3, 0.4) is 0 Å². The number of carbonyl (C=O) groups excluding carboxylic acids is 1. The summed E-state index contributed by atoms with van der Waals surface area (Å²) in [5.74, 6) is 0.122. The average Bonchev–Trinajstić information content (AvgIpc) is 3.04. The number of nitrogens with zero attached hydrogens (tertiary/aromatic N) is 1. The molecule has 0 aliphatic rings. The Balaban J connectivity index is 1.81. The van der Waals surface area contributed by atoms with Gasteiger partial charge in [-0.1, -0.05) is 12.1 Å². The van der Waals surface area contributed by atoms with E-state index in [1.165, 1.54) is 23.5 Å². The number of halogens is 3. The molecule has 0 spiro atoms. The number of urea groups is 1. The molecular weight excluding hydrogens is 343 g/mol. The largest absolute Gasteiger partial charge is 0.484 e. The van der Waals surface area contributed by atoms with Gasteiger partial charge in [0.1, 0.15) is 5.75 Å². The van der Waals surface area contributed by atoms with Crippen LogP contribution in [0.1, 0.15) is 24.2 Å². The zero-order valence-corrected chi connectivity index (χ0v) is 13.6. The van der Waals surface area contributed by atoms with Gasteiger partial charge in [0.25, 0.3) is 0 Å². The minimum atomic E-state index is -4.37. The summed E-state index contributed by atoms with van der Waals surface area (Å²) in [7, 11) is 0. The standard InChI is InChI=1S/C15H16F3N3O2S/c1-10(21-14(22)19-6-12-7-24-9-20-12)11-2-4-13(5-3-11)23-8-15(16,17)18/h2-5,7,9-10H,6,8H2,1H3,(H2,19,21,22). The number of aromatic nitrogens is 1. The lowest BCUT2D eigenvalue weighted by molar-refractivity contribution is -0.153. The van der Waals surface area contributed by atoms with E-state index in [2.05, 4.69) is 20.4 Å². The van der Waals surface area contributed by atoms with Crippen LogP contribution in [0.4, 0.5) is 18.0 Å². The quantitative estimate of drug-likeness (QED) is 0.828. The van der Waals surface area contributed by atoms with Gasteiger partial charge in [-0.2, -0.15) is 13.2 Å². The number of alkyl halides is 3. The third-order valence-corrected chi connectivity index (χ3v) is 3.68. The molecule has 24 heavy (non-hydrogen) atoms. The molecule has 1 heterocycles. The van der Waals surface area contributed by atoms with E-state index in [0.717, 1.165) is 11.3 Å². The number of ether oxygens (including phenoxy) is 1. The van der Waals surface area contributed by atoms with Gasteiger partial charge in [-0.15, -0.1) is 11.3 Å². The first-order valence-electron chi connectivity index (χ1n) is 7.04. The molecule has 2 rings (SSSR count). The fraction of sp³-hybridized carbons (Fsp3) is 0.333. The van der Waals surface area contributed by atoms with Crippen molar-refractivity contribution in [1.82, 2.24) is 15.6 Å². The van der Waals surface area contributed by atoms with Crippen molar-refractivity contribution < 1.29 is 22.7 Å². The van der Waals surface area contributed by atoms with Crippen molar-refractivity contribution in [1.29, 1.82) is 0 Å². The number of nitrogens with one attached hydrogen (secondary N) is 2. The van der Waals surface area contributed by atoms with Crippen LogP contribution in [0, 0.1) is 0 Å². The van der Waals surface area contributed by atoms with E-state index >= 15 is 0 Å². The van der Waals surface area contributed by atoms with Crippen molar-refractivity contribution in [3.63, 3.8) is 0 Å². The normalized spacial score (nSPS) is 12.5. The summed E-state index contributed by atoms with van der Waals surface area (Å²) in [4.78, 5) is 15.9. The molecular formula is C15H16F3N3O2S. The van der Waals surface area contributed by atoms with E-state index in [-0.39, 0.29) is 17.8 Å². The lowest BCUT2D eigenvalue weighted by Gasteiger charge is -2.15. The first-order chi connectivity index (χ1) is 11.3. The monoisotopic (exact) mass is 359 g/mol. The Morgan fingerprint density at radius 1 is 1.33 bits per heavy atom. The van der Waals surface area contributed by atoms with Gasteiger partial charge in [-0.05, 0) is 24.6 Å². The summed E-state index contributed by atoms with van der Waals surface area (Å²) in [6.07, 6.45) is -4.37. The molecule has 2 N–H and O–H groups in total. The molecule has 2 aromatic rings. The lowest BCUT2D eigenvalue weighted by atomic mass is 10.1. The fourth-order valence-corrected chi connectivity index (χ4v) is 2.40. The number of hydrogen-bond donors (Lipinski definition) is 2. The first kappa shape index (κ1) is 18.1. The Hall–Kier alpha value is -2.29. The second-order valence-electron chi connectivity index (χ2n) is 5.00. The number of benzene rings is 1. The van der Waals surface area contributed by atoms with Gasteiger partial charge in [-0.3, -0.25) is 0 Å². The van der Waals surface area contributed by atoms with E-state index in [1.807, 2.05) is 5.38 Å². The Bertz CT molecular complexity index is 645. The van der Waals surface area contributed by atoms with Crippen LogP contribution in [-0.2, 0) is 6.54 Å². The third kappa shape index (κ3) is 6.07. The minimum Gasteiger partial charge on any atom is -0.484 e. The highest BCUT2D eigenvalue weighted by molar-refractivity contribution is 7.07. The molecule has 0 aliphatic heterocycles. The SMILES string of the molecule is CC(NC(=O)NCc1cscn1)c1ccc(OCC(F)(F)F)cc1. The van der Waals surface area contributed by atoms with Crippen LogP contribution in [0.5, 0.6) is 5.75 Å². The molecule has 0 radical (unpaired) electrons. The lowest BCUT2D eigenvalue weighted by Crippen LogP contribution is -2.36. The Labute approximate surface area is 140 Å². The van der Waals surface area contributed by atoms with Gasteiger partial charge in [0.05, 0.1) is 23.8 Å². The van der Waals surface area contributed by atoms with Crippen molar-refractivity contribution in [2.45, 2.75) is 25.7 Å². The van der Waals surface area contributed by atoms with Crippen LogP contribution in [0.15, 0.2) is 35.2 Å². The summed E-state index contributed by atoms with van der Waals surface area (Å²) in [6, 6.07) is 5.43. The minimum absolute atomic E-state index is 0.122. The first-order valence-corrected chi connectivity index (χ1v) is 7.99. The number of hydrogen-bond acceptors (Lipinski definition) is 4. The second-order valence-corrected chi connectivity index (χ2v) is 5.72. The maximum absolute atomic E-state index is 12.1. The zero-order valence-electron chi connectivity index (χ0n) is 12.8. The highest BCUT2D eigenvalue weighted by Crippen LogP contribution is 2.21. The van der Waals surface area contributed by atoms with Gasteiger partial charge < -0.3 is 15.4 Å². The van der Waals surface area contributed by atoms with Gasteiger partial charge in [-0.25, -0.2) is 9.78 Å². The molecule has 1 aromatic heterocycles. The molecule has 0 saturated heterocycles. The van der Waals surface area contributed by atoms with Crippen molar-refractivity contribution in [3.05, 3.63) is 46.4 Å². The van der Waals surface area contributed by atoms with Crippen LogP contribution < -0.4 is 15.4 Å². The van der Waals surface area contributed by atoms with E-state index in [9.17, 15) is 18.0 Å². The zero-order chi connectivity index (χ0) is 17.6. The maximum atomic E-state index is 12.1. The van der Waals surface area contributed by atoms with Crippen LogP contribution in [0.2, 0.25) is 0 Å². The molecule has 0 bridgehead atoms. The predicted octanol–water partition coefficient (Wildman–Crippen LogP) is 3.64. The van der Waals surface area contributed by atoms with Gasteiger partial charge in [0.2, 0.25) is 0 Å². The molecule has 1 aromatic carbocycles. The molecule has 0 fully saturated rings. The molecule has 5 nitrogen and oxygen atoms in total. The number of thiazole rings is 1. The van der Waals surface area contributed by atoms with E-state index in [0.29, 0.717) is 6.54 Å². The van der Waals surface area contributed by atoms with Crippen molar-refractivity contribution in [2.24, 2.45) is 0 Å². The summed E-state index contributed by atoms with van der Waals surface area (Å²) < 4.78 is 40.9. The summed E-state index contributed by atoms with van der Waals surface area (Å²) in [5.41, 5.74) is 3.20. The number of carbonyl (C=O) groups is 1. The fourth-order valence-electron chi connectivity index (χ4n) is 1.84. The topological polar surface area (TPSA) is 63.2 Å². The van der Waals surface area contributed by atoms with Crippen LogP contribution in [-0.4, -0.2) is 23.8 Å². The predicted molar refractivity (Wildman–Crippen MR) is 83.9 cm³/mol. The van der Waals surface area contributed by atoms with Crippen LogP contribution in [0.25, 0.3) is 0 Å². The van der Waals surface area contributed by atoms with Gasteiger partial charge >= 0.3 is 12.2 Å². The molecule has 1 unspecified atom stereocenters. The van der Waals surface area contributed by atoms with Crippen molar-refractivity contribution >= 4 is 17.4 Å². The summed E-state index contributed by atoms with van der Waals surface area (Å²) in [5, 5.41) is 7.25. The summed E-state index contributed by atoms with van der Waals surface area (Å²) in [6.45, 7) is 0.763. The van der Waals surface area contributed by atoms with E-state index < -0.39 is 12.8 Å². The number of rotatable bonds is 6. The van der Waals surface area contributed by atoms with Crippen molar-refractivity contribution in [2.75, 3.05) is 6.61 Å². The third-order valence-electron chi connectivity index (χ3n) is 3.04. The molecule has 1 atom stereocenters. The van der Waals surface area contributed by atoms with Gasteiger partial charge in [0.15, 0.2) is 6.61 Å². The smallest absolute Gasteiger partial charge is 0.422 e. The van der Waals surface area contributed by atoms with Crippen LogP contribution >= 0.6 is 11.3 Å². The molecule has 0 aliphatic carbocycles. The van der Waals surface area contributed by atoms with Gasteiger partial charge in [0, 0.05) is 5.38 Å². The van der Waals surface area contributed by atoms with Crippen molar-refractivity contribution in [3.8, 4) is 5.75 Å². The maximum Gasteiger partial charge on any atom is 0.422 e. The van der Waals surface area contributed by atoms with E-state index in [1.54, 1.807) is 24.6 Å². The molecule has 0 saturated carbocycles. The molecule has 2 amide bonds. The Morgan fingerprint density at radius 2 is 2.04 bits per heavy atom. The average molecular weight is 359 g/mol. The summed E-state index contributed by atoms with van der Waals surface area (Å²) >= 11 is 1.44. The highest BCUT2D eigenvalue weighted by Gasteiger charge is 2.28.